The number of fused-ring (bicyclic) bond motifs is 3. The lowest BCUT2D eigenvalue weighted by molar-refractivity contribution is 0.0941. The summed E-state index contributed by atoms with van der Waals surface area (Å²) in [6, 6.07) is 6.25. The zero-order chi connectivity index (χ0) is 35.5. The van der Waals surface area contributed by atoms with E-state index < -0.39 is 16.1 Å². The number of rotatable bonds is 17. The molecule has 0 spiro atoms. The average molecular weight is 716 g/mol. The number of anilines is 1. The number of aromatic amines is 1. The summed E-state index contributed by atoms with van der Waals surface area (Å²) in [7, 11) is -2.56. The topological polar surface area (TPSA) is 103 Å². The van der Waals surface area contributed by atoms with E-state index in [0.717, 1.165) is 82.1 Å². The van der Waals surface area contributed by atoms with Crippen LogP contribution in [0.1, 0.15) is 56.2 Å². The van der Waals surface area contributed by atoms with E-state index in [4.69, 9.17) is 29.3 Å². The van der Waals surface area contributed by atoms with Crippen molar-refractivity contribution in [3.63, 3.8) is 0 Å². The van der Waals surface area contributed by atoms with Gasteiger partial charge in [-0.05, 0) is 56.2 Å². The molecule has 6 rings (SSSR count). The van der Waals surface area contributed by atoms with Crippen molar-refractivity contribution in [2.24, 2.45) is 11.8 Å². The molecule has 0 amide bonds. The van der Waals surface area contributed by atoms with E-state index >= 15 is 0 Å². The molecule has 4 aromatic rings. The van der Waals surface area contributed by atoms with Crippen molar-refractivity contribution in [3.8, 4) is 22.6 Å². The molecular formula is C38H57N7O3Si2. The van der Waals surface area contributed by atoms with Gasteiger partial charge in [0.1, 0.15) is 30.7 Å². The molecule has 2 saturated carbocycles. The van der Waals surface area contributed by atoms with Crippen LogP contribution in [0.2, 0.25) is 51.4 Å². The van der Waals surface area contributed by atoms with Gasteiger partial charge in [-0.3, -0.25) is 4.98 Å². The molecule has 12 heteroatoms. The Kier molecular flexibility index (Phi) is 11.3. The molecule has 1 N–H and O–H groups in total. The van der Waals surface area contributed by atoms with Crippen LogP contribution in [-0.2, 0) is 14.2 Å². The molecule has 0 saturated heterocycles. The van der Waals surface area contributed by atoms with E-state index in [0.29, 0.717) is 45.0 Å². The number of nitrogens with one attached hydrogen (secondary N) is 1. The zero-order valence-corrected chi connectivity index (χ0v) is 33.3. The van der Waals surface area contributed by atoms with Crippen LogP contribution in [0.5, 0.6) is 0 Å². The fraction of sp³-hybridized carbons (Fsp3) is 0.579. The molecule has 2 aliphatic rings. The Labute approximate surface area is 300 Å². The SMILES string of the molecule is C=C(OCC)c1c(C2C[C@H]3CC[C@@H](C2)C3)nc2c(-c3ccc(-c4ncc[nH]4)nc3)cnn2c1N(COCC[Si](C)(C)C)COCC[Si](C)(C)C. The lowest BCUT2D eigenvalue weighted by atomic mass is 9.78. The fourth-order valence-corrected chi connectivity index (χ4v) is 8.91. The molecule has 4 aromatic heterocycles. The van der Waals surface area contributed by atoms with Gasteiger partial charge >= 0.3 is 0 Å². The van der Waals surface area contributed by atoms with Gasteiger partial charge in [0.15, 0.2) is 11.5 Å². The van der Waals surface area contributed by atoms with Gasteiger partial charge in [-0.15, -0.1) is 0 Å². The maximum Gasteiger partial charge on any atom is 0.165 e. The monoisotopic (exact) mass is 715 g/mol. The van der Waals surface area contributed by atoms with Crippen LogP contribution in [0.3, 0.4) is 0 Å². The van der Waals surface area contributed by atoms with Gasteiger partial charge in [-0.25, -0.2) is 9.97 Å². The van der Waals surface area contributed by atoms with Crippen molar-refractivity contribution in [2.75, 3.05) is 38.2 Å². The molecule has 270 valence electrons. The quantitative estimate of drug-likeness (QED) is 0.0501. The lowest BCUT2D eigenvalue weighted by Crippen LogP contribution is -2.34. The number of pyridine rings is 1. The number of imidazole rings is 1. The van der Waals surface area contributed by atoms with Crippen LogP contribution >= 0.6 is 0 Å². The van der Waals surface area contributed by atoms with Crippen molar-refractivity contribution in [3.05, 3.63) is 54.8 Å². The van der Waals surface area contributed by atoms with Crippen molar-refractivity contribution in [2.45, 2.75) is 96.3 Å². The molecule has 2 bridgehead atoms. The largest absolute Gasteiger partial charge is 0.494 e. The third-order valence-electron chi connectivity index (χ3n) is 10.1. The third-order valence-corrected chi connectivity index (χ3v) is 13.5. The van der Waals surface area contributed by atoms with Gasteiger partial charge in [0.25, 0.3) is 0 Å². The fourth-order valence-electron chi connectivity index (χ4n) is 7.40. The van der Waals surface area contributed by atoms with Gasteiger partial charge in [0.2, 0.25) is 0 Å². The van der Waals surface area contributed by atoms with E-state index in [1.54, 1.807) is 6.20 Å². The highest BCUT2D eigenvalue weighted by molar-refractivity contribution is 6.76. The number of hydrogen-bond donors (Lipinski definition) is 1. The van der Waals surface area contributed by atoms with Crippen molar-refractivity contribution in [1.29, 1.82) is 0 Å². The predicted octanol–water partition coefficient (Wildman–Crippen LogP) is 8.91. The van der Waals surface area contributed by atoms with Crippen molar-refractivity contribution in [1.82, 2.24) is 29.5 Å². The highest BCUT2D eigenvalue weighted by atomic mass is 28.3. The van der Waals surface area contributed by atoms with Crippen LogP contribution in [0, 0.1) is 11.8 Å². The molecule has 1 unspecified atom stereocenters. The summed E-state index contributed by atoms with van der Waals surface area (Å²) in [6.45, 7) is 23.5. The van der Waals surface area contributed by atoms with Gasteiger partial charge < -0.3 is 24.1 Å². The van der Waals surface area contributed by atoms with Crippen LogP contribution in [0.4, 0.5) is 5.82 Å². The maximum atomic E-state index is 6.48. The predicted molar refractivity (Wildman–Crippen MR) is 208 cm³/mol. The van der Waals surface area contributed by atoms with Crippen LogP contribution in [0.15, 0.2) is 43.5 Å². The molecule has 10 nitrogen and oxygen atoms in total. The Balaban J connectivity index is 1.48. The first-order chi connectivity index (χ1) is 23.9. The smallest absolute Gasteiger partial charge is 0.165 e. The standard InChI is InChI=1S/C38H57N7O3Si2/c1-9-48-27(2)34-35(31-21-28-10-11-29(20-28)22-31)43-37-32(30-12-13-33(41-23-30)36-39-14-15-40-36)24-42-45(37)38(34)44(25-46-16-18-49(3,4)5)26-47-17-19-50(6,7)8/h12-15,23-24,28-29,31H,2,9-11,16-22,25-26H2,1,3-8H3,(H,39,40)/t28-,29+,31?. The Morgan fingerprint density at radius 3 is 2.18 bits per heavy atom. The lowest BCUT2D eigenvalue weighted by Gasteiger charge is -2.33. The molecule has 50 heavy (non-hydrogen) atoms. The Bertz CT molecular complexity index is 1690. The molecule has 4 heterocycles. The highest BCUT2D eigenvalue weighted by Crippen LogP contribution is 2.50. The van der Waals surface area contributed by atoms with Gasteiger partial charge in [-0.1, -0.05) is 64.8 Å². The summed E-state index contributed by atoms with van der Waals surface area (Å²) in [5, 5.41) is 5.03. The van der Waals surface area contributed by atoms with Crippen molar-refractivity contribution < 1.29 is 14.2 Å². The molecule has 2 aliphatic carbocycles. The zero-order valence-electron chi connectivity index (χ0n) is 31.3. The summed E-state index contributed by atoms with van der Waals surface area (Å²) in [6.07, 6.45) is 13.6. The summed E-state index contributed by atoms with van der Waals surface area (Å²) >= 11 is 0. The molecular weight excluding hydrogens is 659 g/mol. The van der Waals surface area contributed by atoms with Crippen LogP contribution < -0.4 is 4.90 Å². The molecule has 2 fully saturated rings. The Hall–Kier alpha value is -3.33. The molecule has 0 radical (unpaired) electrons. The van der Waals surface area contributed by atoms with Crippen LogP contribution in [-0.4, -0.2) is 79.0 Å². The highest BCUT2D eigenvalue weighted by Gasteiger charge is 2.38. The minimum Gasteiger partial charge on any atom is -0.494 e. The Morgan fingerprint density at radius 1 is 0.940 bits per heavy atom. The molecule has 0 aliphatic heterocycles. The number of H-pyrrole nitrogens is 1. The summed E-state index contributed by atoms with van der Waals surface area (Å²) in [5.74, 6) is 4.02. The summed E-state index contributed by atoms with van der Waals surface area (Å²) < 4.78 is 21.2. The second-order valence-electron chi connectivity index (χ2n) is 16.7. The van der Waals surface area contributed by atoms with E-state index in [1.807, 2.05) is 36.1 Å². The first-order valence-electron chi connectivity index (χ1n) is 18.5. The number of aromatic nitrogens is 6. The number of nitrogens with zero attached hydrogens (tertiary/aromatic N) is 6. The summed E-state index contributed by atoms with van der Waals surface area (Å²) in [5.41, 5.74) is 5.44. The first kappa shape index (κ1) is 36.5. The van der Waals surface area contributed by atoms with E-state index in [1.165, 1.54) is 19.3 Å². The van der Waals surface area contributed by atoms with E-state index in [9.17, 15) is 0 Å². The summed E-state index contributed by atoms with van der Waals surface area (Å²) in [4.78, 5) is 20.0. The minimum absolute atomic E-state index is 0.307. The first-order valence-corrected chi connectivity index (χ1v) is 25.9. The average Bonchev–Trinajstić information content (AvgIpc) is 3.83. The third kappa shape index (κ3) is 8.75. The second kappa shape index (κ2) is 15.5. The minimum atomic E-state index is -1.28. The number of ether oxygens (including phenoxy) is 3. The Morgan fingerprint density at radius 2 is 1.62 bits per heavy atom. The second-order valence-corrected chi connectivity index (χ2v) is 27.9. The maximum absolute atomic E-state index is 6.48. The molecule has 3 atom stereocenters. The normalized spacial score (nSPS) is 19.3. The van der Waals surface area contributed by atoms with Gasteiger partial charge in [-0.2, -0.15) is 9.61 Å². The molecule has 0 aromatic carbocycles. The van der Waals surface area contributed by atoms with Crippen molar-refractivity contribution >= 4 is 33.4 Å². The van der Waals surface area contributed by atoms with Gasteiger partial charge in [0, 0.05) is 65.0 Å². The van der Waals surface area contributed by atoms with E-state index in [2.05, 4.69) is 66.8 Å². The van der Waals surface area contributed by atoms with E-state index in [-0.39, 0.29) is 0 Å². The number of hydrogen-bond acceptors (Lipinski definition) is 8. The van der Waals surface area contributed by atoms with Crippen LogP contribution in [0.25, 0.3) is 34.1 Å². The van der Waals surface area contributed by atoms with Gasteiger partial charge in [0.05, 0.1) is 24.1 Å².